The number of pyridine rings is 1. The zero-order valence-electron chi connectivity index (χ0n) is 13.7. The minimum absolute atomic E-state index is 0.0345. The summed E-state index contributed by atoms with van der Waals surface area (Å²) in [6.07, 6.45) is 3.90. The third-order valence-corrected chi connectivity index (χ3v) is 5.48. The van der Waals surface area contributed by atoms with Crippen LogP contribution in [0.5, 0.6) is 0 Å². The maximum atomic E-state index is 6.67. The lowest BCUT2D eigenvalue weighted by molar-refractivity contribution is 0.950. The summed E-state index contributed by atoms with van der Waals surface area (Å²) >= 11 is 6.67. The first-order valence-electron chi connectivity index (χ1n) is 8.31. The lowest BCUT2D eigenvalue weighted by atomic mass is 9.96. The molecular formula is C21H16ClN3. The summed E-state index contributed by atoms with van der Waals surface area (Å²) in [6, 6.07) is 16.6. The number of aryl methyl sites for hydroxylation is 1. The fraction of sp³-hybridized carbons (Fsp3) is 0.0952. The second kappa shape index (κ2) is 5.36. The van der Waals surface area contributed by atoms with Crippen LogP contribution in [0.25, 0.3) is 22.2 Å². The highest BCUT2D eigenvalue weighted by molar-refractivity contribution is 6.32. The van der Waals surface area contributed by atoms with E-state index >= 15 is 0 Å². The van der Waals surface area contributed by atoms with Crippen LogP contribution in [-0.4, -0.2) is 9.97 Å². The van der Waals surface area contributed by atoms with E-state index in [4.69, 9.17) is 11.6 Å². The van der Waals surface area contributed by atoms with Gasteiger partial charge in [0.25, 0.3) is 0 Å². The molecule has 0 amide bonds. The second-order valence-corrected chi connectivity index (χ2v) is 6.81. The number of anilines is 1. The first-order chi connectivity index (χ1) is 12.2. The smallest absolute Gasteiger partial charge is 0.138 e. The van der Waals surface area contributed by atoms with Crippen LogP contribution in [0.3, 0.4) is 0 Å². The van der Waals surface area contributed by atoms with Crippen LogP contribution in [0, 0.1) is 6.92 Å². The van der Waals surface area contributed by atoms with Gasteiger partial charge in [0.2, 0.25) is 0 Å². The number of aromatic nitrogens is 2. The summed E-state index contributed by atoms with van der Waals surface area (Å²) in [5.74, 6) is 0. The lowest BCUT2D eigenvalue weighted by Gasteiger charge is -2.21. The van der Waals surface area contributed by atoms with Crippen LogP contribution in [0.2, 0.25) is 5.02 Å². The van der Waals surface area contributed by atoms with Crippen molar-refractivity contribution in [3.63, 3.8) is 0 Å². The molecule has 4 aromatic rings. The summed E-state index contributed by atoms with van der Waals surface area (Å²) < 4.78 is 0. The van der Waals surface area contributed by atoms with Crippen molar-refractivity contribution < 1.29 is 0 Å². The molecule has 1 atom stereocenters. The largest absolute Gasteiger partial charge is 0.374 e. The maximum Gasteiger partial charge on any atom is 0.138 e. The normalized spacial score (nSPS) is 15.5. The van der Waals surface area contributed by atoms with E-state index < -0.39 is 0 Å². The topological polar surface area (TPSA) is 40.7 Å². The van der Waals surface area contributed by atoms with Gasteiger partial charge in [-0.15, -0.1) is 0 Å². The van der Waals surface area contributed by atoms with Gasteiger partial charge in [-0.2, -0.15) is 0 Å². The molecule has 0 radical (unpaired) electrons. The molecule has 1 unspecified atom stereocenters. The Bertz CT molecular complexity index is 1110. The van der Waals surface area contributed by atoms with Crippen molar-refractivity contribution in [2.45, 2.75) is 13.0 Å². The van der Waals surface area contributed by atoms with Crippen LogP contribution < -0.4 is 5.32 Å². The van der Waals surface area contributed by atoms with Gasteiger partial charge in [0.15, 0.2) is 0 Å². The Labute approximate surface area is 150 Å². The average Bonchev–Trinajstić information content (AvgIpc) is 3.00. The minimum atomic E-state index is -0.0345. The van der Waals surface area contributed by atoms with Crippen molar-refractivity contribution in [2.24, 2.45) is 0 Å². The van der Waals surface area contributed by atoms with E-state index in [1.54, 1.807) is 0 Å². The number of benzene rings is 2. The molecule has 0 fully saturated rings. The molecule has 25 heavy (non-hydrogen) atoms. The minimum Gasteiger partial charge on any atom is -0.374 e. The quantitative estimate of drug-likeness (QED) is 0.464. The number of hydrogen-bond acceptors (Lipinski definition) is 2. The lowest BCUT2D eigenvalue weighted by Crippen LogP contribution is -2.12. The molecule has 3 nitrogen and oxygen atoms in total. The number of nitrogens with one attached hydrogen (secondary N) is 2. The number of aromatic amines is 1. The van der Waals surface area contributed by atoms with E-state index in [9.17, 15) is 0 Å². The van der Waals surface area contributed by atoms with Gasteiger partial charge in [0, 0.05) is 39.6 Å². The Hall–Kier alpha value is -2.78. The predicted molar refractivity (Wildman–Crippen MR) is 103 cm³/mol. The van der Waals surface area contributed by atoms with Crippen LogP contribution >= 0.6 is 11.6 Å². The van der Waals surface area contributed by atoms with E-state index in [2.05, 4.69) is 57.7 Å². The molecule has 1 aliphatic rings. The van der Waals surface area contributed by atoms with E-state index in [1.807, 2.05) is 25.4 Å². The monoisotopic (exact) mass is 345 g/mol. The zero-order chi connectivity index (χ0) is 17.0. The van der Waals surface area contributed by atoms with Crippen molar-refractivity contribution in [3.8, 4) is 11.1 Å². The number of nitrogens with zero attached hydrogens (tertiary/aromatic N) is 1. The van der Waals surface area contributed by atoms with Gasteiger partial charge in [0.05, 0.1) is 6.04 Å². The molecule has 0 saturated heterocycles. The highest BCUT2D eigenvalue weighted by Gasteiger charge is 2.27. The van der Waals surface area contributed by atoms with Gasteiger partial charge < -0.3 is 10.3 Å². The number of para-hydroxylation sites is 1. The average molecular weight is 346 g/mol. The van der Waals surface area contributed by atoms with Crippen molar-refractivity contribution in [3.05, 3.63) is 82.6 Å². The Morgan fingerprint density at radius 2 is 1.84 bits per heavy atom. The molecule has 0 spiro atoms. The van der Waals surface area contributed by atoms with Crippen molar-refractivity contribution in [2.75, 3.05) is 5.32 Å². The molecule has 2 aromatic heterocycles. The van der Waals surface area contributed by atoms with Gasteiger partial charge in [-0.25, -0.2) is 4.98 Å². The van der Waals surface area contributed by atoms with Gasteiger partial charge in [-0.05, 0) is 35.7 Å². The summed E-state index contributed by atoms with van der Waals surface area (Å²) in [6.45, 7) is 2.04. The Morgan fingerprint density at radius 3 is 2.76 bits per heavy atom. The van der Waals surface area contributed by atoms with Crippen molar-refractivity contribution in [1.29, 1.82) is 0 Å². The standard InChI is InChI=1S/C21H16ClN3/c1-12-5-4-7-15(19(12)22)20-16-11-24-21-18(16)14(9-10-23-21)13-6-2-3-8-17(13)25-20/h2-11,20,25H,1H3,(H,23,24). The number of halogens is 1. The number of H-pyrrole nitrogens is 1. The van der Waals surface area contributed by atoms with E-state index in [-0.39, 0.29) is 6.04 Å². The Kier molecular flexibility index (Phi) is 3.12. The van der Waals surface area contributed by atoms with E-state index in [0.29, 0.717) is 0 Å². The van der Waals surface area contributed by atoms with Gasteiger partial charge >= 0.3 is 0 Å². The molecule has 0 aliphatic carbocycles. The third kappa shape index (κ3) is 2.09. The van der Waals surface area contributed by atoms with Crippen molar-refractivity contribution >= 4 is 28.3 Å². The summed E-state index contributed by atoms with van der Waals surface area (Å²) in [4.78, 5) is 7.83. The van der Waals surface area contributed by atoms with Crippen LogP contribution in [0.4, 0.5) is 5.69 Å². The van der Waals surface area contributed by atoms with Gasteiger partial charge in [-0.1, -0.05) is 48.0 Å². The Balaban J connectivity index is 1.86. The molecule has 5 rings (SSSR count). The summed E-state index contributed by atoms with van der Waals surface area (Å²) in [7, 11) is 0. The SMILES string of the molecule is Cc1cccc(C2Nc3ccccc3-c3ccnc4[nH]cc2c34)c1Cl. The molecule has 2 N–H and O–H groups in total. The van der Waals surface area contributed by atoms with Crippen LogP contribution in [-0.2, 0) is 0 Å². The fourth-order valence-electron chi connectivity index (χ4n) is 3.75. The zero-order valence-corrected chi connectivity index (χ0v) is 14.4. The molecule has 122 valence electrons. The highest BCUT2D eigenvalue weighted by atomic mass is 35.5. The summed E-state index contributed by atoms with van der Waals surface area (Å²) in [5.41, 5.74) is 7.71. The van der Waals surface area contributed by atoms with E-state index in [1.165, 1.54) is 16.7 Å². The highest BCUT2D eigenvalue weighted by Crippen LogP contribution is 2.44. The molecule has 2 aromatic carbocycles. The first-order valence-corrected chi connectivity index (χ1v) is 8.69. The van der Waals surface area contributed by atoms with Crippen LogP contribution in [0.1, 0.15) is 22.7 Å². The molecule has 1 aliphatic heterocycles. The predicted octanol–water partition coefficient (Wildman–Crippen LogP) is 5.71. The maximum absolute atomic E-state index is 6.67. The molecule has 4 heteroatoms. The van der Waals surface area contributed by atoms with Gasteiger partial charge in [-0.3, -0.25) is 0 Å². The third-order valence-electron chi connectivity index (χ3n) is 4.96. The Morgan fingerprint density at radius 1 is 0.960 bits per heavy atom. The van der Waals surface area contributed by atoms with E-state index in [0.717, 1.165) is 32.9 Å². The summed E-state index contributed by atoms with van der Waals surface area (Å²) in [5, 5.41) is 5.66. The number of fused-ring (bicyclic) bond motifs is 2. The molecular weight excluding hydrogens is 330 g/mol. The van der Waals surface area contributed by atoms with Crippen molar-refractivity contribution in [1.82, 2.24) is 9.97 Å². The number of rotatable bonds is 1. The van der Waals surface area contributed by atoms with Crippen LogP contribution in [0.15, 0.2) is 60.9 Å². The fourth-order valence-corrected chi connectivity index (χ4v) is 3.98. The first kappa shape index (κ1) is 14.6. The van der Waals surface area contributed by atoms with Gasteiger partial charge in [0.1, 0.15) is 5.65 Å². The molecule has 0 bridgehead atoms. The molecule has 0 saturated carbocycles. The second-order valence-electron chi connectivity index (χ2n) is 6.43. The number of hydrogen-bond donors (Lipinski definition) is 2. The molecule has 3 heterocycles.